The molecule has 1 fully saturated rings. The summed E-state index contributed by atoms with van der Waals surface area (Å²) in [5.41, 5.74) is 4.30. The molecule has 1 saturated heterocycles. The van der Waals surface area contributed by atoms with Crippen molar-refractivity contribution in [2.45, 2.75) is 19.0 Å². The van der Waals surface area contributed by atoms with Gasteiger partial charge in [-0.15, -0.1) is 0 Å². The summed E-state index contributed by atoms with van der Waals surface area (Å²) in [6.45, 7) is 0.808. The Labute approximate surface area is 153 Å². The molecule has 1 aromatic carbocycles. The van der Waals surface area contributed by atoms with Gasteiger partial charge in [0.25, 0.3) is 5.91 Å². The SMILES string of the molecule is O=C(NNc1cccc(C(F)(F)F)c1)C1CCN(C(=O)c2ccco2)CC1. The summed E-state index contributed by atoms with van der Waals surface area (Å²) in [4.78, 5) is 26.0. The molecule has 1 aliphatic rings. The highest BCUT2D eigenvalue weighted by molar-refractivity contribution is 5.91. The number of nitrogens with one attached hydrogen (secondary N) is 2. The van der Waals surface area contributed by atoms with Crippen LogP contribution in [0.25, 0.3) is 0 Å². The fourth-order valence-corrected chi connectivity index (χ4v) is 2.91. The number of nitrogens with zero attached hydrogens (tertiary/aromatic N) is 1. The number of hydrogen-bond acceptors (Lipinski definition) is 4. The summed E-state index contributed by atoms with van der Waals surface area (Å²) in [5, 5.41) is 0. The number of hydrazine groups is 1. The van der Waals surface area contributed by atoms with Crippen molar-refractivity contribution in [3.8, 4) is 0 Å². The van der Waals surface area contributed by atoms with Crippen LogP contribution in [0.15, 0.2) is 47.1 Å². The second-order valence-electron chi connectivity index (χ2n) is 6.24. The van der Waals surface area contributed by atoms with Gasteiger partial charge in [-0.3, -0.25) is 20.4 Å². The van der Waals surface area contributed by atoms with Crippen LogP contribution >= 0.6 is 0 Å². The number of amides is 2. The average molecular weight is 381 g/mol. The van der Waals surface area contributed by atoms with Crippen LogP contribution in [0, 0.1) is 5.92 Å². The molecule has 2 N–H and O–H groups in total. The number of carbonyl (C=O) groups excluding carboxylic acids is 2. The molecular formula is C18H18F3N3O3. The Kier molecular flexibility index (Phi) is 5.38. The zero-order valence-corrected chi connectivity index (χ0v) is 14.3. The maximum absolute atomic E-state index is 12.7. The van der Waals surface area contributed by atoms with E-state index in [9.17, 15) is 22.8 Å². The predicted octanol–water partition coefficient (Wildman–Crippen LogP) is 3.29. The number of furan rings is 1. The minimum atomic E-state index is -4.45. The van der Waals surface area contributed by atoms with Gasteiger partial charge in [-0.25, -0.2) is 0 Å². The van der Waals surface area contributed by atoms with Crippen LogP contribution in [0.2, 0.25) is 0 Å². The van der Waals surface area contributed by atoms with Gasteiger partial charge in [-0.2, -0.15) is 13.2 Å². The first-order valence-corrected chi connectivity index (χ1v) is 8.40. The number of likely N-dealkylation sites (tertiary alicyclic amines) is 1. The van der Waals surface area contributed by atoms with E-state index in [1.165, 1.54) is 18.4 Å². The third-order valence-corrected chi connectivity index (χ3v) is 4.40. The Morgan fingerprint density at radius 3 is 2.48 bits per heavy atom. The van der Waals surface area contributed by atoms with Crippen molar-refractivity contribution in [1.29, 1.82) is 0 Å². The zero-order chi connectivity index (χ0) is 19.4. The number of carbonyl (C=O) groups is 2. The Morgan fingerprint density at radius 2 is 1.85 bits per heavy atom. The monoisotopic (exact) mass is 381 g/mol. The molecule has 0 bridgehead atoms. The first-order valence-electron chi connectivity index (χ1n) is 8.40. The second kappa shape index (κ2) is 7.73. The summed E-state index contributed by atoms with van der Waals surface area (Å²) in [6.07, 6.45) is -2.10. The molecule has 1 aliphatic heterocycles. The first kappa shape index (κ1) is 18.8. The van der Waals surface area contributed by atoms with E-state index in [0.717, 1.165) is 12.1 Å². The van der Waals surface area contributed by atoms with Gasteiger partial charge in [-0.05, 0) is 43.2 Å². The molecule has 2 heterocycles. The number of halogens is 3. The Balaban J connectivity index is 1.49. The largest absolute Gasteiger partial charge is 0.459 e. The number of piperidine rings is 1. The van der Waals surface area contributed by atoms with E-state index in [4.69, 9.17) is 4.42 Å². The molecule has 6 nitrogen and oxygen atoms in total. The number of anilines is 1. The summed E-state index contributed by atoms with van der Waals surface area (Å²) < 4.78 is 43.2. The van der Waals surface area contributed by atoms with Crippen molar-refractivity contribution in [2.24, 2.45) is 5.92 Å². The van der Waals surface area contributed by atoms with Crippen LogP contribution in [-0.4, -0.2) is 29.8 Å². The molecule has 9 heteroatoms. The van der Waals surface area contributed by atoms with E-state index in [2.05, 4.69) is 10.9 Å². The van der Waals surface area contributed by atoms with E-state index in [1.807, 2.05) is 0 Å². The van der Waals surface area contributed by atoms with E-state index >= 15 is 0 Å². The lowest BCUT2D eigenvalue weighted by Gasteiger charge is -2.30. The summed E-state index contributed by atoms with van der Waals surface area (Å²) in [6, 6.07) is 7.78. The maximum Gasteiger partial charge on any atom is 0.416 e. The zero-order valence-electron chi connectivity index (χ0n) is 14.3. The standard InChI is InChI=1S/C18H18F3N3O3/c19-18(20,21)13-3-1-4-14(11-13)22-23-16(25)12-6-8-24(9-7-12)17(26)15-5-2-10-27-15/h1-5,10-12,22H,6-9H2,(H,23,25). The molecule has 0 saturated carbocycles. The molecule has 0 aliphatic carbocycles. The highest BCUT2D eigenvalue weighted by Gasteiger charge is 2.31. The van der Waals surface area contributed by atoms with E-state index in [0.29, 0.717) is 25.9 Å². The van der Waals surface area contributed by atoms with Crippen molar-refractivity contribution in [3.63, 3.8) is 0 Å². The quantitative estimate of drug-likeness (QED) is 0.797. The normalized spacial score (nSPS) is 15.4. The van der Waals surface area contributed by atoms with Gasteiger partial charge in [0.05, 0.1) is 17.5 Å². The number of hydrogen-bond donors (Lipinski definition) is 2. The maximum atomic E-state index is 12.7. The third kappa shape index (κ3) is 4.60. The van der Waals surface area contributed by atoms with Gasteiger partial charge in [0.1, 0.15) is 0 Å². The van der Waals surface area contributed by atoms with Crippen LogP contribution in [-0.2, 0) is 11.0 Å². The summed E-state index contributed by atoms with van der Waals surface area (Å²) >= 11 is 0. The van der Waals surface area contributed by atoms with Crippen molar-refractivity contribution in [1.82, 2.24) is 10.3 Å². The van der Waals surface area contributed by atoms with Crippen molar-refractivity contribution < 1.29 is 27.2 Å². The van der Waals surface area contributed by atoms with Crippen molar-refractivity contribution >= 4 is 17.5 Å². The highest BCUT2D eigenvalue weighted by Crippen LogP contribution is 2.30. The van der Waals surface area contributed by atoms with Crippen LogP contribution < -0.4 is 10.9 Å². The molecule has 144 valence electrons. The smallest absolute Gasteiger partial charge is 0.416 e. The molecular weight excluding hydrogens is 363 g/mol. The van der Waals surface area contributed by atoms with E-state index < -0.39 is 11.7 Å². The fourth-order valence-electron chi connectivity index (χ4n) is 2.91. The minimum Gasteiger partial charge on any atom is -0.459 e. The van der Waals surface area contributed by atoms with Gasteiger partial charge < -0.3 is 9.32 Å². The van der Waals surface area contributed by atoms with Gasteiger partial charge in [0.15, 0.2) is 5.76 Å². The number of benzene rings is 1. The van der Waals surface area contributed by atoms with Gasteiger partial charge in [-0.1, -0.05) is 6.07 Å². The van der Waals surface area contributed by atoms with Gasteiger partial charge in [0.2, 0.25) is 5.91 Å². The molecule has 0 atom stereocenters. The lowest BCUT2D eigenvalue weighted by atomic mass is 9.96. The van der Waals surface area contributed by atoms with E-state index in [1.54, 1.807) is 17.0 Å². The number of rotatable bonds is 4. The highest BCUT2D eigenvalue weighted by atomic mass is 19.4. The molecule has 1 aromatic heterocycles. The first-order chi connectivity index (χ1) is 12.8. The van der Waals surface area contributed by atoms with Crippen molar-refractivity contribution in [3.05, 3.63) is 54.0 Å². The summed E-state index contributed by atoms with van der Waals surface area (Å²) in [5.74, 6) is -0.619. The van der Waals surface area contributed by atoms with Crippen LogP contribution in [0.1, 0.15) is 29.0 Å². The second-order valence-corrected chi connectivity index (χ2v) is 6.24. The fraction of sp³-hybridized carbons (Fsp3) is 0.333. The predicted molar refractivity (Wildman–Crippen MR) is 90.5 cm³/mol. The van der Waals surface area contributed by atoms with E-state index in [-0.39, 0.29) is 29.2 Å². The Hall–Kier alpha value is -2.97. The van der Waals surface area contributed by atoms with Crippen LogP contribution in [0.5, 0.6) is 0 Å². The lowest BCUT2D eigenvalue weighted by molar-refractivity contribution is -0.137. The molecule has 0 spiro atoms. The lowest BCUT2D eigenvalue weighted by Crippen LogP contribution is -2.44. The van der Waals surface area contributed by atoms with Crippen LogP contribution in [0.3, 0.4) is 0 Å². The topological polar surface area (TPSA) is 74.6 Å². The minimum absolute atomic E-state index is 0.142. The van der Waals surface area contributed by atoms with Crippen LogP contribution in [0.4, 0.5) is 18.9 Å². The summed E-state index contributed by atoms with van der Waals surface area (Å²) in [7, 11) is 0. The number of alkyl halides is 3. The molecule has 0 radical (unpaired) electrons. The molecule has 0 unspecified atom stereocenters. The average Bonchev–Trinajstić information content (AvgIpc) is 3.20. The molecule has 2 amide bonds. The molecule has 27 heavy (non-hydrogen) atoms. The molecule has 2 aromatic rings. The Morgan fingerprint density at radius 1 is 1.11 bits per heavy atom. The third-order valence-electron chi connectivity index (χ3n) is 4.40. The van der Waals surface area contributed by atoms with Gasteiger partial charge in [0, 0.05) is 19.0 Å². The molecule has 3 rings (SSSR count). The Bertz CT molecular complexity index is 798. The van der Waals surface area contributed by atoms with Gasteiger partial charge >= 0.3 is 6.18 Å². The van der Waals surface area contributed by atoms with Crippen molar-refractivity contribution in [2.75, 3.05) is 18.5 Å².